The highest BCUT2D eigenvalue weighted by Gasteiger charge is 2.34. The van der Waals surface area contributed by atoms with E-state index < -0.39 is 11.7 Å². The summed E-state index contributed by atoms with van der Waals surface area (Å²) in [6.07, 6.45) is -3.38. The first-order valence-electron chi connectivity index (χ1n) is 9.31. The monoisotopic (exact) mass is 393 g/mol. The largest absolute Gasteiger partial charge is 0.416 e. The molecule has 3 aromatic carbocycles. The van der Waals surface area contributed by atoms with Gasteiger partial charge in [0.05, 0.1) is 16.6 Å². The van der Waals surface area contributed by atoms with Crippen LogP contribution in [0, 0.1) is 0 Å². The third kappa shape index (κ3) is 3.68. The number of carbonyl (C=O) groups is 1. The van der Waals surface area contributed by atoms with Crippen LogP contribution < -0.4 is 0 Å². The van der Waals surface area contributed by atoms with Crippen molar-refractivity contribution in [1.29, 1.82) is 0 Å². The minimum atomic E-state index is -4.47. The van der Waals surface area contributed by atoms with Crippen molar-refractivity contribution in [1.82, 2.24) is 4.57 Å². The van der Waals surface area contributed by atoms with Gasteiger partial charge < -0.3 is 0 Å². The fourth-order valence-corrected chi connectivity index (χ4v) is 3.66. The summed E-state index contributed by atoms with van der Waals surface area (Å²) >= 11 is 0. The number of para-hydroxylation sites is 2. The first-order valence-corrected chi connectivity index (χ1v) is 9.31. The van der Waals surface area contributed by atoms with Crippen LogP contribution >= 0.6 is 0 Å². The van der Waals surface area contributed by atoms with E-state index >= 15 is 0 Å². The second-order valence-electron chi connectivity index (χ2n) is 6.78. The fourth-order valence-electron chi connectivity index (χ4n) is 3.66. The first kappa shape index (κ1) is 19.0. The molecule has 0 saturated carbocycles. The van der Waals surface area contributed by atoms with Crippen molar-refractivity contribution in [3.63, 3.8) is 0 Å². The molecule has 0 bridgehead atoms. The molecule has 4 rings (SSSR count). The van der Waals surface area contributed by atoms with Crippen molar-refractivity contribution in [2.24, 2.45) is 0 Å². The zero-order valence-corrected chi connectivity index (χ0v) is 15.5. The Morgan fingerprint density at radius 3 is 1.86 bits per heavy atom. The quantitative estimate of drug-likeness (QED) is 0.371. The van der Waals surface area contributed by atoms with Crippen LogP contribution in [0.2, 0.25) is 0 Å². The number of nitrogens with zero attached hydrogens (tertiary/aromatic N) is 1. The van der Waals surface area contributed by atoms with Crippen LogP contribution in [-0.2, 0) is 0 Å². The van der Waals surface area contributed by atoms with Gasteiger partial charge in [-0.2, -0.15) is 13.2 Å². The summed E-state index contributed by atoms with van der Waals surface area (Å²) in [6.45, 7) is 0. The van der Waals surface area contributed by atoms with Crippen molar-refractivity contribution in [2.45, 2.75) is 19.0 Å². The van der Waals surface area contributed by atoms with Crippen molar-refractivity contribution in [2.75, 3.05) is 0 Å². The van der Waals surface area contributed by atoms with E-state index in [1.54, 1.807) is 22.8 Å². The number of halogens is 3. The minimum Gasteiger partial charge on any atom is -0.280 e. The van der Waals surface area contributed by atoms with E-state index in [1.165, 1.54) is 12.1 Å². The normalized spacial score (nSPS) is 12.6. The lowest BCUT2D eigenvalue weighted by Crippen LogP contribution is -2.12. The predicted molar refractivity (Wildman–Crippen MR) is 110 cm³/mol. The van der Waals surface area contributed by atoms with E-state index in [-0.39, 0.29) is 24.3 Å². The smallest absolute Gasteiger partial charge is 0.280 e. The Morgan fingerprint density at radius 2 is 1.31 bits per heavy atom. The van der Waals surface area contributed by atoms with Crippen molar-refractivity contribution in [3.8, 4) is 0 Å². The third-order valence-corrected chi connectivity index (χ3v) is 4.93. The second kappa shape index (κ2) is 7.59. The molecule has 1 aromatic heterocycles. The zero-order chi connectivity index (χ0) is 20.4. The standard InChI is InChI=1S/C24H18F3NO/c25-24(26,27)20(17-9-2-1-3-10-17)13-8-16-23(29)28-21-14-6-4-11-18(21)19-12-5-7-15-22(19)28/h1-7,9-15H,8,16H2. The average Bonchev–Trinajstić information content (AvgIpc) is 3.05. The molecule has 29 heavy (non-hydrogen) atoms. The molecule has 0 unspecified atom stereocenters. The number of allylic oxidation sites excluding steroid dienone is 2. The van der Waals surface area contributed by atoms with Gasteiger partial charge in [-0.3, -0.25) is 9.36 Å². The van der Waals surface area contributed by atoms with E-state index in [0.717, 1.165) is 27.9 Å². The molecule has 0 spiro atoms. The molecule has 0 atom stereocenters. The maximum Gasteiger partial charge on any atom is 0.416 e. The highest BCUT2D eigenvalue weighted by molar-refractivity contribution is 6.13. The summed E-state index contributed by atoms with van der Waals surface area (Å²) < 4.78 is 42.0. The van der Waals surface area contributed by atoms with Gasteiger partial charge in [-0.05, 0) is 24.1 Å². The molecule has 1 heterocycles. The summed E-state index contributed by atoms with van der Waals surface area (Å²) in [5.41, 5.74) is 0.918. The Bertz CT molecular complexity index is 1150. The molecule has 0 amide bonds. The zero-order valence-electron chi connectivity index (χ0n) is 15.5. The number of hydrogen-bond donors (Lipinski definition) is 0. The Balaban J connectivity index is 1.65. The van der Waals surface area contributed by atoms with Crippen LogP contribution in [0.3, 0.4) is 0 Å². The SMILES string of the molecule is O=C(CCC=C(c1ccccc1)C(F)(F)F)n1c2ccccc2c2ccccc21. The van der Waals surface area contributed by atoms with Gasteiger partial charge in [-0.1, -0.05) is 72.8 Å². The highest BCUT2D eigenvalue weighted by Crippen LogP contribution is 2.34. The van der Waals surface area contributed by atoms with E-state index in [2.05, 4.69) is 0 Å². The summed E-state index contributed by atoms with van der Waals surface area (Å²) in [6, 6.07) is 22.8. The molecule has 0 N–H and O–H groups in total. The van der Waals surface area contributed by atoms with Gasteiger partial charge in [0.2, 0.25) is 5.91 Å². The number of hydrogen-bond acceptors (Lipinski definition) is 1. The van der Waals surface area contributed by atoms with E-state index in [0.29, 0.717) is 0 Å². The van der Waals surface area contributed by atoms with Gasteiger partial charge in [0.15, 0.2) is 0 Å². The molecular weight excluding hydrogens is 375 g/mol. The Hall–Kier alpha value is -3.34. The van der Waals surface area contributed by atoms with Crippen LogP contribution in [0.5, 0.6) is 0 Å². The predicted octanol–water partition coefficient (Wildman–Crippen LogP) is 6.86. The maximum absolute atomic E-state index is 13.5. The van der Waals surface area contributed by atoms with Gasteiger partial charge >= 0.3 is 6.18 Å². The number of rotatable bonds is 4. The molecule has 0 aliphatic rings. The molecule has 5 heteroatoms. The van der Waals surface area contributed by atoms with Crippen LogP contribution in [0.1, 0.15) is 23.2 Å². The second-order valence-corrected chi connectivity index (χ2v) is 6.78. The van der Waals surface area contributed by atoms with E-state index in [9.17, 15) is 18.0 Å². The van der Waals surface area contributed by atoms with Gasteiger partial charge in [0.1, 0.15) is 0 Å². The minimum absolute atomic E-state index is 0.00338. The molecule has 0 radical (unpaired) electrons. The van der Waals surface area contributed by atoms with Crippen molar-refractivity contribution >= 4 is 33.3 Å². The van der Waals surface area contributed by atoms with Gasteiger partial charge in [-0.15, -0.1) is 0 Å². The van der Waals surface area contributed by atoms with E-state index in [1.807, 2.05) is 48.5 Å². The maximum atomic E-state index is 13.5. The van der Waals surface area contributed by atoms with Crippen molar-refractivity contribution < 1.29 is 18.0 Å². The molecule has 4 aromatic rings. The lowest BCUT2D eigenvalue weighted by Gasteiger charge is -2.12. The lowest BCUT2D eigenvalue weighted by molar-refractivity contribution is -0.0690. The Kier molecular flexibility index (Phi) is 4.97. The molecule has 146 valence electrons. The fraction of sp³-hybridized carbons (Fsp3) is 0.125. The Labute approximate surface area is 165 Å². The molecule has 0 saturated heterocycles. The van der Waals surface area contributed by atoms with Crippen LogP contribution in [0.25, 0.3) is 27.4 Å². The van der Waals surface area contributed by atoms with Gasteiger partial charge in [0.25, 0.3) is 0 Å². The first-order chi connectivity index (χ1) is 14.0. The average molecular weight is 393 g/mol. The number of carbonyl (C=O) groups excluding carboxylic acids is 1. The number of alkyl halides is 3. The molecule has 0 fully saturated rings. The summed E-state index contributed by atoms with van der Waals surface area (Å²) in [5, 5.41) is 1.90. The Morgan fingerprint density at radius 1 is 0.793 bits per heavy atom. The topological polar surface area (TPSA) is 22.0 Å². The van der Waals surface area contributed by atoms with Gasteiger partial charge in [0, 0.05) is 17.2 Å². The summed E-state index contributed by atoms with van der Waals surface area (Å²) in [4.78, 5) is 13.0. The number of benzene rings is 3. The number of aromatic nitrogens is 1. The highest BCUT2D eigenvalue weighted by atomic mass is 19.4. The lowest BCUT2D eigenvalue weighted by atomic mass is 10.0. The molecular formula is C24H18F3NO. The number of fused-ring (bicyclic) bond motifs is 3. The van der Waals surface area contributed by atoms with Gasteiger partial charge in [-0.25, -0.2) is 0 Å². The summed E-state index contributed by atoms with van der Waals surface area (Å²) in [5.74, 6) is -0.228. The third-order valence-electron chi connectivity index (χ3n) is 4.93. The van der Waals surface area contributed by atoms with Crippen LogP contribution in [0.15, 0.2) is 84.9 Å². The molecule has 0 aliphatic heterocycles. The van der Waals surface area contributed by atoms with Crippen LogP contribution in [-0.4, -0.2) is 16.7 Å². The molecule has 2 nitrogen and oxygen atoms in total. The van der Waals surface area contributed by atoms with Crippen LogP contribution in [0.4, 0.5) is 13.2 Å². The summed E-state index contributed by atoms with van der Waals surface area (Å²) in [7, 11) is 0. The molecule has 0 aliphatic carbocycles. The van der Waals surface area contributed by atoms with Crippen molar-refractivity contribution in [3.05, 3.63) is 90.5 Å². The van der Waals surface area contributed by atoms with E-state index in [4.69, 9.17) is 0 Å².